The first-order chi connectivity index (χ1) is 7.09. The number of hydrogen-bond donors (Lipinski definition) is 1. The number of hydrogen-bond acceptors (Lipinski definition) is 3. The molecule has 0 spiro atoms. The highest BCUT2D eigenvalue weighted by Crippen LogP contribution is 2.15. The van der Waals surface area contributed by atoms with E-state index >= 15 is 0 Å². The van der Waals surface area contributed by atoms with Crippen LogP contribution in [0.4, 0.5) is 0 Å². The van der Waals surface area contributed by atoms with Gasteiger partial charge in [0.05, 0.1) is 0 Å². The highest BCUT2D eigenvalue weighted by atomic mass is 35.5. The molecule has 0 atom stereocenters. The molecule has 0 aliphatic carbocycles. The molecule has 2 rings (SSSR count). The Morgan fingerprint density at radius 3 is 2.93 bits per heavy atom. The molecule has 1 N–H and O–H groups in total. The Morgan fingerprint density at radius 1 is 1.53 bits per heavy atom. The fourth-order valence-electron chi connectivity index (χ4n) is 1.47. The van der Waals surface area contributed by atoms with Crippen molar-refractivity contribution in [2.45, 2.75) is 20.4 Å². The van der Waals surface area contributed by atoms with E-state index in [0.717, 1.165) is 0 Å². The highest BCUT2D eigenvalue weighted by Gasteiger charge is 2.11. The van der Waals surface area contributed by atoms with Gasteiger partial charge in [-0.25, -0.2) is 14.8 Å². The number of halogens is 1. The van der Waals surface area contributed by atoms with E-state index in [1.54, 1.807) is 4.57 Å². The third kappa shape index (κ3) is 1.74. The smallest absolute Gasteiger partial charge is 0.302 e. The normalized spacial score (nSPS) is 11.5. The maximum absolute atomic E-state index is 11.6. The Morgan fingerprint density at radius 2 is 2.27 bits per heavy atom. The van der Waals surface area contributed by atoms with Crippen LogP contribution in [0.15, 0.2) is 11.1 Å². The van der Waals surface area contributed by atoms with Gasteiger partial charge in [0, 0.05) is 6.54 Å². The minimum atomic E-state index is -0.193. The van der Waals surface area contributed by atoms with E-state index in [-0.39, 0.29) is 10.8 Å². The van der Waals surface area contributed by atoms with Crippen molar-refractivity contribution in [2.24, 2.45) is 5.92 Å². The topological polar surface area (TPSA) is 63.6 Å². The minimum absolute atomic E-state index is 0.193. The van der Waals surface area contributed by atoms with Crippen molar-refractivity contribution in [3.05, 3.63) is 22.0 Å². The van der Waals surface area contributed by atoms with E-state index in [4.69, 9.17) is 11.6 Å². The first-order valence-corrected chi connectivity index (χ1v) is 5.06. The first-order valence-electron chi connectivity index (χ1n) is 4.68. The second-order valence-electron chi connectivity index (χ2n) is 3.80. The van der Waals surface area contributed by atoms with Gasteiger partial charge in [-0.05, 0) is 5.92 Å². The van der Waals surface area contributed by atoms with E-state index in [0.29, 0.717) is 23.6 Å². The van der Waals surface area contributed by atoms with E-state index in [9.17, 15) is 4.79 Å². The summed E-state index contributed by atoms with van der Waals surface area (Å²) in [6.07, 6.45) is 1.36. The Bertz CT molecular complexity index is 543. The van der Waals surface area contributed by atoms with Crippen LogP contribution in [0.2, 0.25) is 5.15 Å². The van der Waals surface area contributed by atoms with Gasteiger partial charge in [-0.15, -0.1) is 0 Å². The Hall–Kier alpha value is -1.36. The molecule has 0 aromatic carbocycles. The van der Waals surface area contributed by atoms with Gasteiger partial charge in [0.15, 0.2) is 10.8 Å². The predicted octanol–water partition coefficient (Wildman–Crippen LogP) is 1.43. The quantitative estimate of drug-likeness (QED) is 0.788. The molecule has 2 heterocycles. The van der Waals surface area contributed by atoms with Crippen molar-refractivity contribution in [3.8, 4) is 0 Å². The average Bonchev–Trinajstić information content (AvgIpc) is 2.45. The van der Waals surface area contributed by atoms with Crippen LogP contribution in [-0.2, 0) is 6.54 Å². The van der Waals surface area contributed by atoms with E-state index in [1.807, 2.05) is 13.8 Å². The van der Waals surface area contributed by atoms with Crippen molar-refractivity contribution in [1.82, 2.24) is 19.5 Å². The lowest BCUT2D eigenvalue weighted by Crippen LogP contribution is -2.19. The second kappa shape index (κ2) is 3.66. The van der Waals surface area contributed by atoms with Crippen LogP contribution >= 0.6 is 11.6 Å². The Balaban J connectivity index is 2.69. The lowest BCUT2D eigenvalue weighted by molar-refractivity contribution is 0.520. The molecule has 0 saturated carbocycles. The lowest BCUT2D eigenvalue weighted by atomic mass is 10.2. The number of fused-ring (bicyclic) bond motifs is 1. The molecule has 0 saturated heterocycles. The molecule has 80 valence electrons. The molecular weight excluding hydrogens is 216 g/mol. The third-order valence-electron chi connectivity index (χ3n) is 2.06. The van der Waals surface area contributed by atoms with Crippen LogP contribution in [0.5, 0.6) is 0 Å². The zero-order valence-electron chi connectivity index (χ0n) is 8.49. The molecule has 15 heavy (non-hydrogen) atoms. The fourth-order valence-corrected chi connectivity index (χ4v) is 1.65. The number of imidazole rings is 1. The molecule has 2 aromatic heterocycles. The number of rotatable bonds is 2. The fraction of sp³-hybridized carbons (Fsp3) is 0.444. The molecule has 0 amide bonds. The summed E-state index contributed by atoms with van der Waals surface area (Å²) in [7, 11) is 0. The summed E-state index contributed by atoms with van der Waals surface area (Å²) in [5.41, 5.74) is 0.875. The van der Waals surface area contributed by atoms with Gasteiger partial charge in [0.2, 0.25) is 0 Å². The summed E-state index contributed by atoms with van der Waals surface area (Å²) >= 11 is 5.84. The van der Waals surface area contributed by atoms with Crippen molar-refractivity contribution >= 4 is 22.8 Å². The minimum Gasteiger partial charge on any atom is -0.302 e. The van der Waals surface area contributed by atoms with Crippen molar-refractivity contribution in [3.63, 3.8) is 0 Å². The van der Waals surface area contributed by atoms with Crippen LogP contribution < -0.4 is 5.69 Å². The molecule has 6 heteroatoms. The standard InChI is InChI=1S/C9H11ClN4O/c1-5(2)3-14-8-6(13-9(14)15)7(10)11-4-12-8/h4-5H,3H2,1-2H3,(H,13,15). The summed E-state index contributed by atoms with van der Waals surface area (Å²) in [5, 5.41) is 0.277. The maximum Gasteiger partial charge on any atom is 0.327 e. The number of aromatic nitrogens is 4. The summed E-state index contributed by atoms with van der Waals surface area (Å²) < 4.78 is 1.58. The predicted molar refractivity (Wildman–Crippen MR) is 58.0 cm³/mol. The van der Waals surface area contributed by atoms with Crippen LogP contribution in [0, 0.1) is 5.92 Å². The highest BCUT2D eigenvalue weighted by molar-refractivity contribution is 6.33. The average molecular weight is 227 g/mol. The monoisotopic (exact) mass is 226 g/mol. The van der Waals surface area contributed by atoms with E-state index in [2.05, 4.69) is 15.0 Å². The number of aromatic amines is 1. The number of nitrogens with one attached hydrogen (secondary N) is 1. The Kier molecular flexibility index (Phi) is 2.48. The summed E-state index contributed by atoms with van der Waals surface area (Å²) in [6, 6.07) is 0. The molecule has 0 bridgehead atoms. The summed E-state index contributed by atoms with van der Waals surface area (Å²) in [5.74, 6) is 0.371. The van der Waals surface area contributed by atoms with Crippen LogP contribution in [-0.4, -0.2) is 19.5 Å². The zero-order chi connectivity index (χ0) is 11.0. The van der Waals surface area contributed by atoms with Crippen LogP contribution in [0.25, 0.3) is 11.2 Å². The molecule has 2 aromatic rings. The van der Waals surface area contributed by atoms with Crippen molar-refractivity contribution in [2.75, 3.05) is 0 Å². The Labute approximate surface area is 91.1 Å². The van der Waals surface area contributed by atoms with Gasteiger partial charge in [0.25, 0.3) is 0 Å². The molecule has 0 aliphatic heterocycles. The van der Waals surface area contributed by atoms with Gasteiger partial charge in [-0.1, -0.05) is 25.4 Å². The molecule has 0 radical (unpaired) electrons. The van der Waals surface area contributed by atoms with Crippen molar-refractivity contribution < 1.29 is 0 Å². The largest absolute Gasteiger partial charge is 0.327 e. The molecular formula is C9H11ClN4O. The van der Waals surface area contributed by atoms with Crippen LogP contribution in [0.1, 0.15) is 13.8 Å². The van der Waals surface area contributed by atoms with E-state index in [1.165, 1.54) is 6.33 Å². The van der Waals surface area contributed by atoms with Gasteiger partial charge in [0.1, 0.15) is 11.8 Å². The van der Waals surface area contributed by atoms with Gasteiger partial charge in [-0.3, -0.25) is 4.57 Å². The SMILES string of the molecule is CC(C)Cn1c(=O)[nH]c2c(Cl)ncnc21. The van der Waals surface area contributed by atoms with E-state index < -0.39 is 0 Å². The maximum atomic E-state index is 11.6. The summed E-state index contributed by atoms with van der Waals surface area (Å²) in [6.45, 7) is 4.69. The first kappa shape index (κ1) is 10.2. The zero-order valence-corrected chi connectivity index (χ0v) is 9.25. The third-order valence-corrected chi connectivity index (χ3v) is 2.35. The summed E-state index contributed by atoms with van der Waals surface area (Å²) in [4.78, 5) is 22.1. The number of H-pyrrole nitrogens is 1. The molecule has 5 nitrogen and oxygen atoms in total. The number of nitrogens with zero attached hydrogens (tertiary/aromatic N) is 3. The van der Waals surface area contributed by atoms with Gasteiger partial charge >= 0.3 is 5.69 Å². The second-order valence-corrected chi connectivity index (χ2v) is 4.16. The lowest BCUT2D eigenvalue weighted by Gasteiger charge is -2.04. The van der Waals surface area contributed by atoms with Crippen LogP contribution in [0.3, 0.4) is 0 Å². The van der Waals surface area contributed by atoms with Gasteiger partial charge in [-0.2, -0.15) is 0 Å². The molecule has 0 fully saturated rings. The molecule has 0 aliphatic rings. The van der Waals surface area contributed by atoms with Crippen molar-refractivity contribution in [1.29, 1.82) is 0 Å². The van der Waals surface area contributed by atoms with Gasteiger partial charge < -0.3 is 4.98 Å². The molecule has 0 unspecified atom stereocenters.